The van der Waals surface area contributed by atoms with Crippen LogP contribution in [-0.2, 0) is 4.79 Å². The largest absolute Gasteiger partial charge is 0.348 e. The van der Waals surface area contributed by atoms with Crippen LogP contribution in [-0.4, -0.2) is 82.2 Å². The topological polar surface area (TPSA) is 82.5 Å². The predicted molar refractivity (Wildman–Crippen MR) is 137 cm³/mol. The lowest BCUT2D eigenvalue weighted by molar-refractivity contribution is -0.127. The lowest BCUT2D eigenvalue weighted by atomic mass is 9.97. The standard InChI is InChI=1S/C27H40N6O2/c1-18(2)33-25-7-5-4-6-24(25)26(30-33)27(35)29-21-14-22-8-9-23(15-21)32(22)13-11-28-16-20-10-12-31(17-20)19(3)34/h4-7,18,20-23,28H,8-17H2,1-3H3,(H,29,35)/t20-,21?,22?,23?/m1/s1. The van der Waals surface area contributed by atoms with E-state index in [1.54, 1.807) is 6.92 Å². The molecule has 3 aliphatic heterocycles. The first kappa shape index (κ1) is 24.3. The summed E-state index contributed by atoms with van der Waals surface area (Å²) in [6.45, 7) is 10.7. The Hall–Kier alpha value is -2.45. The van der Waals surface area contributed by atoms with Crippen LogP contribution in [0.4, 0.5) is 0 Å². The molecule has 8 nitrogen and oxygen atoms in total. The van der Waals surface area contributed by atoms with Gasteiger partial charge in [-0.2, -0.15) is 5.10 Å². The highest BCUT2D eigenvalue weighted by atomic mass is 16.2. The number of aromatic nitrogens is 2. The van der Waals surface area contributed by atoms with Crippen molar-refractivity contribution in [1.82, 2.24) is 30.2 Å². The Kier molecular flexibility index (Phi) is 7.12. The molecule has 3 aliphatic rings. The van der Waals surface area contributed by atoms with E-state index in [0.717, 1.165) is 62.9 Å². The number of nitrogens with zero attached hydrogens (tertiary/aromatic N) is 4. The van der Waals surface area contributed by atoms with Crippen LogP contribution in [0.25, 0.3) is 10.9 Å². The molecule has 5 rings (SSSR count). The lowest BCUT2D eigenvalue weighted by Crippen LogP contribution is -2.52. The summed E-state index contributed by atoms with van der Waals surface area (Å²) in [7, 11) is 0. The Balaban J connectivity index is 1.12. The number of nitrogens with one attached hydrogen (secondary N) is 2. The number of hydrogen-bond donors (Lipinski definition) is 2. The van der Waals surface area contributed by atoms with Crippen LogP contribution in [0.5, 0.6) is 0 Å². The van der Waals surface area contributed by atoms with E-state index < -0.39 is 0 Å². The fraction of sp³-hybridized carbons (Fsp3) is 0.667. The second kappa shape index (κ2) is 10.3. The molecule has 2 amide bonds. The highest BCUT2D eigenvalue weighted by molar-refractivity contribution is 6.05. The molecule has 2 aromatic rings. The van der Waals surface area contributed by atoms with Crippen LogP contribution in [0.3, 0.4) is 0 Å². The maximum absolute atomic E-state index is 13.2. The Morgan fingerprint density at radius 3 is 2.54 bits per heavy atom. The van der Waals surface area contributed by atoms with Crippen molar-refractivity contribution in [3.63, 3.8) is 0 Å². The fourth-order valence-electron chi connectivity index (χ4n) is 6.46. The summed E-state index contributed by atoms with van der Waals surface area (Å²) in [6, 6.07) is 9.53. The van der Waals surface area contributed by atoms with Crippen LogP contribution >= 0.6 is 0 Å². The van der Waals surface area contributed by atoms with Gasteiger partial charge in [-0.05, 0) is 64.5 Å². The van der Waals surface area contributed by atoms with E-state index in [4.69, 9.17) is 0 Å². The number of fused-ring (bicyclic) bond motifs is 3. The van der Waals surface area contributed by atoms with E-state index >= 15 is 0 Å². The van der Waals surface area contributed by atoms with E-state index in [1.807, 2.05) is 33.8 Å². The first-order valence-electron chi connectivity index (χ1n) is 13.4. The van der Waals surface area contributed by atoms with Crippen LogP contribution in [0.15, 0.2) is 24.3 Å². The van der Waals surface area contributed by atoms with Gasteiger partial charge in [-0.25, -0.2) is 0 Å². The zero-order chi connectivity index (χ0) is 24.5. The molecule has 0 spiro atoms. The van der Waals surface area contributed by atoms with Crippen molar-refractivity contribution in [2.24, 2.45) is 5.92 Å². The van der Waals surface area contributed by atoms with Gasteiger partial charge in [-0.15, -0.1) is 0 Å². The van der Waals surface area contributed by atoms with Crippen molar-refractivity contribution in [3.8, 4) is 0 Å². The zero-order valence-corrected chi connectivity index (χ0v) is 21.4. The van der Waals surface area contributed by atoms with Crippen molar-refractivity contribution < 1.29 is 9.59 Å². The fourth-order valence-corrected chi connectivity index (χ4v) is 6.46. The van der Waals surface area contributed by atoms with Crippen molar-refractivity contribution in [3.05, 3.63) is 30.0 Å². The maximum Gasteiger partial charge on any atom is 0.272 e. The molecule has 0 radical (unpaired) electrons. The Bertz CT molecular complexity index is 1050. The molecule has 3 fully saturated rings. The van der Waals surface area contributed by atoms with Crippen LogP contribution in [0, 0.1) is 5.92 Å². The molecule has 3 atom stereocenters. The third-order valence-corrected chi connectivity index (χ3v) is 8.25. The minimum atomic E-state index is -0.0451. The Labute approximate surface area is 208 Å². The number of carbonyl (C=O) groups excluding carboxylic acids is 2. The summed E-state index contributed by atoms with van der Waals surface area (Å²) < 4.78 is 1.95. The molecule has 2 bridgehead atoms. The number of para-hydroxylation sites is 1. The van der Waals surface area contributed by atoms with E-state index in [1.165, 1.54) is 12.8 Å². The monoisotopic (exact) mass is 480 g/mol. The smallest absolute Gasteiger partial charge is 0.272 e. The summed E-state index contributed by atoms with van der Waals surface area (Å²) in [6.07, 6.45) is 5.58. The lowest BCUT2D eigenvalue weighted by Gasteiger charge is -2.39. The predicted octanol–water partition coefficient (Wildman–Crippen LogP) is 2.80. The first-order chi connectivity index (χ1) is 16.9. The van der Waals surface area contributed by atoms with Crippen molar-refractivity contribution >= 4 is 22.7 Å². The number of hydrogen-bond acceptors (Lipinski definition) is 5. The molecule has 190 valence electrons. The van der Waals surface area contributed by atoms with Crippen molar-refractivity contribution in [1.29, 1.82) is 0 Å². The number of amides is 2. The second-order valence-electron chi connectivity index (χ2n) is 11.0. The second-order valence-corrected chi connectivity index (χ2v) is 11.0. The van der Waals surface area contributed by atoms with Crippen molar-refractivity contribution in [2.75, 3.05) is 32.7 Å². The van der Waals surface area contributed by atoms with E-state index in [0.29, 0.717) is 23.7 Å². The molecule has 1 aromatic heterocycles. The highest BCUT2D eigenvalue weighted by Gasteiger charge is 2.41. The van der Waals surface area contributed by atoms with Gasteiger partial charge < -0.3 is 15.5 Å². The van der Waals surface area contributed by atoms with Gasteiger partial charge in [0.1, 0.15) is 0 Å². The number of piperidine rings is 1. The minimum absolute atomic E-state index is 0.0451. The Morgan fingerprint density at radius 2 is 1.86 bits per heavy atom. The molecule has 35 heavy (non-hydrogen) atoms. The average molecular weight is 481 g/mol. The first-order valence-corrected chi connectivity index (χ1v) is 13.4. The number of likely N-dealkylation sites (tertiary alicyclic amines) is 1. The van der Waals surface area contributed by atoms with Gasteiger partial charge in [0.05, 0.1) is 5.52 Å². The third kappa shape index (κ3) is 5.09. The van der Waals surface area contributed by atoms with Gasteiger partial charge in [0.15, 0.2) is 5.69 Å². The normalized spacial score (nSPS) is 26.7. The molecule has 0 saturated carbocycles. The van der Waals surface area contributed by atoms with Crippen LogP contribution < -0.4 is 10.6 Å². The van der Waals surface area contributed by atoms with Gasteiger partial charge in [0.25, 0.3) is 5.91 Å². The highest BCUT2D eigenvalue weighted by Crippen LogP contribution is 2.35. The van der Waals surface area contributed by atoms with E-state index in [9.17, 15) is 9.59 Å². The Morgan fingerprint density at radius 1 is 1.11 bits per heavy atom. The third-order valence-electron chi connectivity index (χ3n) is 8.25. The number of carbonyl (C=O) groups is 2. The summed E-state index contributed by atoms with van der Waals surface area (Å²) >= 11 is 0. The number of rotatable bonds is 8. The molecule has 0 aliphatic carbocycles. The van der Waals surface area contributed by atoms with Gasteiger partial charge in [-0.3, -0.25) is 19.2 Å². The number of benzene rings is 1. The van der Waals surface area contributed by atoms with Gasteiger partial charge in [-0.1, -0.05) is 18.2 Å². The summed E-state index contributed by atoms with van der Waals surface area (Å²) in [5.41, 5.74) is 1.56. The zero-order valence-electron chi connectivity index (χ0n) is 21.4. The summed E-state index contributed by atoms with van der Waals surface area (Å²) in [5.74, 6) is 0.726. The average Bonchev–Trinajstić information content (AvgIpc) is 3.52. The van der Waals surface area contributed by atoms with Gasteiger partial charge in [0, 0.05) is 62.7 Å². The van der Waals surface area contributed by atoms with Crippen LogP contribution in [0.2, 0.25) is 0 Å². The summed E-state index contributed by atoms with van der Waals surface area (Å²) in [4.78, 5) is 29.4. The molecular weight excluding hydrogens is 440 g/mol. The molecule has 2 N–H and O–H groups in total. The maximum atomic E-state index is 13.2. The molecule has 3 saturated heterocycles. The summed E-state index contributed by atoms with van der Waals surface area (Å²) in [5, 5.41) is 12.6. The molecule has 2 unspecified atom stereocenters. The van der Waals surface area contributed by atoms with Crippen LogP contribution in [0.1, 0.15) is 69.4 Å². The molecular formula is C27H40N6O2. The van der Waals surface area contributed by atoms with Crippen molar-refractivity contribution in [2.45, 2.75) is 77.0 Å². The van der Waals surface area contributed by atoms with E-state index in [2.05, 4.69) is 34.5 Å². The minimum Gasteiger partial charge on any atom is -0.348 e. The van der Waals surface area contributed by atoms with Gasteiger partial charge >= 0.3 is 0 Å². The SMILES string of the molecule is CC(=O)N1CC[C@H](CNCCN2C3CCC2CC(NC(=O)c2nn(C(C)C)c4ccccc24)C3)C1. The molecule has 4 heterocycles. The molecule has 1 aromatic carbocycles. The van der Waals surface area contributed by atoms with Gasteiger partial charge in [0.2, 0.25) is 5.91 Å². The quantitative estimate of drug-likeness (QED) is 0.568. The molecule has 8 heteroatoms. The van der Waals surface area contributed by atoms with E-state index in [-0.39, 0.29) is 23.9 Å².